The van der Waals surface area contributed by atoms with Crippen LogP contribution in [0.3, 0.4) is 0 Å². The fourth-order valence-electron chi connectivity index (χ4n) is 6.36. The Morgan fingerprint density at radius 1 is 1.05 bits per heavy atom. The van der Waals surface area contributed by atoms with Crippen molar-refractivity contribution in [2.75, 3.05) is 51.0 Å². The van der Waals surface area contributed by atoms with Gasteiger partial charge in [-0.1, -0.05) is 0 Å². The van der Waals surface area contributed by atoms with Crippen molar-refractivity contribution in [1.82, 2.24) is 29.3 Å². The lowest BCUT2D eigenvalue weighted by atomic mass is 9.85. The molecule has 2 aliphatic carbocycles. The average Bonchev–Trinajstić information content (AvgIpc) is 3.36. The number of hydrogen-bond acceptors (Lipinski definition) is 8. The number of aliphatic hydroxyl groups is 1. The topological polar surface area (TPSA) is 111 Å². The standard InChI is InChI=1S/C31H44F2N8O2/c1-4-40(16-15-39(2)3)29(43)21-7-12-24(13-8-21)41-28-27(37-31(41)36-26-14-9-22(32)17-25(26)33)18-34-30(38-28)35-23-10-5-20(19-42)6-11-23/h9,14,17-18,20-21,23-24,42H,4-8,10-13,15-16,19H2,1-3H3,(H,36,37)(H,34,35,38)/t20-,21?,23-,24?. The number of rotatable bonds is 11. The van der Waals surface area contributed by atoms with E-state index in [9.17, 15) is 18.7 Å². The first-order chi connectivity index (χ1) is 20.7. The maximum absolute atomic E-state index is 14.7. The van der Waals surface area contributed by atoms with Crippen molar-refractivity contribution in [3.8, 4) is 0 Å². The summed E-state index contributed by atoms with van der Waals surface area (Å²) in [4.78, 5) is 31.5. The molecule has 10 nitrogen and oxygen atoms in total. The Balaban J connectivity index is 1.39. The van der Waals surface area contributed by atoms with Gasteiger partial charge in [-0.3, -0.25) is 9.36 Å². The number of amides is 1. The highest BCUT2D eigenvalue weighted by atomic mass is 19.1. The normalized spacial score (nSPS) is 22.6. The van der Waals surface area contributed by atoms with Gasteiger partial charge in [-0.2, -0.15) is 4.98 Å². The molecule has 0 radical (unpaired) electrons. The number of likely N-dealkylation sites (N-methyl/N-ethyl adjacent to an activating group) is 2. The molecular formula is C31H44F2N8O2. The number of halogens is 2. The summed E-state index contributed by atoms with van der Waals surface area (Å²) < 4.78 is 30.3. The van der Waals surface area contributed by atoms with E-state index in [1.54, 1.807) is 6.20 Å². The van der Waals surface area contributed by atoms with E-state index in [0.717, 1.165) is 64.0 Å². The summed E-state index contributed by atoms with van der Waals surface area (Å²) in [5.41, 5.74) is 1.31. The van der Waals surface area contributed by atoms with Gasteiger partial charge in [0.15, 0.2) is 5.65 Å². The number of nitrogens with zero attached hydrogens (tertiary/aromatic N) is 6. The molecule has 5 rings (SSSR count). The minimum absolute atomic E-state index is 0.0142. The third kappa shape index (κ3) is 7.41. The van der Waals surface area contributed by atoms with E-state index in [4.69, 9.17) is 9.97 Å². The van der Waals surface area contributed by atoms with Crippen molar-refractivity contribution in [2.45, 2.75) is 70.4 Å². The zero-order chi connectivity index (χ0) is 30.5. The molecule has 2 aromatic heterocycles. The second kappa shape index (κ2) is 13.9. The maximum Gasteiger partial charge on any atom is 0.225 e. The predicted octanol–water partition coefficient (Wildman–Crippen LogP) is 4.95. The molecule has 1 amide bonds. The predicted molar refractivity (Wildman–Crippen MR) is 163 cm³/mol. The van der Waals surface area contributed by atoms with Crippen LogP contribution in [0.2, 0.25) is 0 Å². The van der Waals surface area contributed by atoms with Gasteiger partial charge in [0.05, 0.1) is 11.9 Å². The molecule has 0 saturated heterocycles. The molecule has 3 aromatic rings. The van der Waals surface area contributed by atoms with E-state index in [0.29, 0.717) is 42.1 Å². The van der Waals surface area contributed by atoms with Crippen LogP contribution in [-0.2, 0) is 4.79 Å². The Morgan fingerprint density at radius 2 is 1.79 bits per heavy atom. The molecule has 2 saturated carbocycles. The smallest absolute Gasteiger partial charge is 0.225 e. The molecule has 43 heavy (non-hydrogen) atoms. The second-order valence-corrected chi connectivity index (χ2v) is 12.2. The lowest BCUT2D eigenvalue weighted by Gasteiger charge is -2.33. The number of nitrogens with one attached hydrogen (secondary N) is 2. The Labute approximate surface area is 251 Å². The van der Waals surface area contributed by atoms with E-state index >= 15 is 0 Å². The molecule has 0 spiro atoms. The van der Waals surface area contributed by atoms with Crippen LogP contribution in [-0.4, -0.2) is 86.7 Å². The molecule has 0 bridgehead atoms. The number of fused-ring (bicyclic) bond motifs is 1. The molecule has 2 aliphatic rings. The first-order valence-electron chi connectivity index (χ1n) is 15.5. The number of anilines is 3. The van der Waals surface area contributed by atoms with Gasteiger partial charge in [0, 0.05) is 50.3 Å². The van der Waals surface area contributed by atoms with Gasteiger partial charge in [0.2, 0.25) is 17.8 Å². The third-order valence-electron chi connectivity index (χ3n) is 8.97. The van der Waals surface area contributed by atoms with E-state index in [2.05, 4.69) is 20.5 Å². The van der Waals surface area contributed by atoms with Gasteiger partial charge in [0.1, 0.15) is 17.2 Å². The number of carbonyl (C=O) groups excluding carboxylic acids is 1. The first-order valence-corrected chi connectivity index (χ1v) is 15.5. The lowest BCUT2D eigenvalue weighted by molar-refractivity contribution is -0.136. The quantitative estimate of drug-likeness (QED) is 0.284. The number of benzene rings is 1. The van der Waals surface area contributed by atoms with Crippen LogP contribution >= 0.6 is 0 Å². The van der Waals surface area contributed by atoms with E-state index in [1.165, 1.54) is 12.1 Å². The van der Waals surface area contributed by atoms with Crippen LogP contribution in [0, 0.1) is 23.5 Å². The van der Waals surface area contributed by atoms with Crippen molar-refractivity contribution in [2.24, 2.45) is 11.8 Å². The fraction of sp³-hybridized carbons (Fsp3) is 0.613. The molecule has 12 heteroatoms. The molecule has 0 atom stereocenters. The average molecular weight is 599 g/mol. The summed E-state index contributed by atoms with van der Waals surface area (Å²) in [6.45, 7) is 4.46. The summed E-state index contributed by atoms with van der Waals surface area (Å²) >= 11 is 0. The highest BCUT2D eigenvalue weighted by Crippen LogP contribution is 2.38. The summed E-state index contributed by atoms with van der Waals surface area (Å²) in [6, 6.07) is 3.61. The lowest BCUT2D eigenvalue weighted by Crippen LogP contribution is -2.41. The molecule has 2 heterocycles. The molecule has 0 unspecified atom stereocenters. The fourth-order valence-corrected chi connectivity index (χ4v) is 6.36. The Kier molecular flexibility index (Phi) is 10.1. The maximum atomic E-state index is 14.7. The van der Waals surface area contributed by atoms with Crippen LogP contribution in [0.4, 0.5) is 26.4 Å². The van der Waals surface area contributed by atoms with Gasteiger partial charge in [-0.25, -0.2) is 18.7 Å². The molecule has 2 fully saturated rings. The SMILES string of the molecule is CCN(CCN(C)C)C(=O)C1CCC(n2c(Nc3ccc(F)cc3F)nc3cnc(N[C@H]4CC[C@H](CO)CC4)nc32)CC1. The van der Waals surface area contributed by atoms with E-state index in [-0.39, 0.29) is 36.2 Å². The summed E-state index contributed by atoms with van der Waals surface area (Å²) in [5, 5.41) is 16.0. The molecule has 1 aromatic carbocycles. The van der Waals surface area contributed by atoms with Crippen molar-refractivity contribution in [1.29, 1.82) is 0 Å². The third-order valence-corrected chi connectivity index (χ3v) is 8.97. The molecule has 234 valence electrons. The number of aliphatic hydroxyl groups excluding tert-OH is 1. The van der Waals surface area contributed by atoms with Crippen molar-refractivity contribution < 1.29 is 18.7 Å². The number of aromatic nitrogens is 4. The van der Waals surface area contributed by atoms with Gasteiger partial charge in [-0.15, -0.1) is 0 Å². The Hall–Kier alpha value is -3.38. The molecular weight excluding hydrogens is 554 g/mol. The highest BCUT2D eigenvalue weighted by molar-refractivity contribution is 5.79. The molecule has 0 aliphatic heterocycles. The van der Waals surface area contributed by atoms with Crippen LogP contribution in [0.1, 0.15) is 64.3 Å². The largest absolute Gasteiger partial charge is 0.396 e. The Morgan fingerprint density at radius 3 is 2.44 bits per heavy atom. The van der Waals surface area contributed by atoms with Gasteiger partial charge >= 0.3 is 0 Å². The van der Waals surface area contributed by atoms with Crippen LogP contribution < -0.4 is 10.6 Å². The summed E-state index contributed by atoms with van der Waals surface area (Å²) in [6.07, 6.45) is 8.40. The summed E-state index contributed by atoms with van der Waals surface area (Å²) in [7, 11) is 4.02. The number of hydrogen-bond donors (Lipinski definition) is 3. The minimum Gasteiger partial charge on any atom is -0.396 e. The van der Waals surface area contributed by atoms with Gasteiger partial charge in [-0.05, 0) is 90.4 Å². The summed E-state index contributed by atoms with van der Waals surface area (Å²) in [5.74, 6) is 0.0610. The van der Waals surface area contributed by atoms with E-state index in [1.807, 2.05) is 30.5 Å². The Bertz CT molecular complexity index is 1380. The van der Waals surface area contributed by atoms with Crippen molar-refractivity contribution in [3.05, 3.63) is 36.0 Å². The van der Waals surface area contributed by atoms with Gasteiger partial charge < -0.3 is 25.5 Å². The van der Waals surface area contributed by atoms with E-state index < -0.39 is 11.6 Å². The monoisotopic (exact) mass is 598 g/mol. The zero-order valence-electron chi connectivity index (χ0n) is 25.4. The van der Waals surface area contributed by atoms with Crippen LogP contribution in [0.5, 0.6) is 0 Å². The van der Waals surface area contributed by atoms with Crippen molar-refractivity contribution >= 4 is 34.7 Å². The second-order valence-electron chi connectivity index (χ2n) is 12.2. The number of imidazole rings is 1. The van der Waals surface area contributed by atoms with Crippen LogP contribution in [0.15, 0.2) is 24.4 Å². The minimum atomic E-state index is -0.711. The number of carbonyl (C=O) groups is 1. The zero-order valence-corrected chi connectivity index (χ0v) is 25.4. The van der Waals surface area contributed by atoms with Crippen molar-refractivity contribution in [3.63, 3.8) is 0 Å². The first kappa shape index (κ1) is 31.1. The highest BCUT2D eigenvalue weighted by Gasteiger charge is 2.32. The van der Waals surface area contributed by atoms with Crippen LogP contribution in [0.25, 0.3) is 11.2 Å². The molecule has 3 N–H and O–H groups in total. The van der Waals surface area contributed by atoms with Gasteiger partial charge in [0.25, 0.3) is 0 Å².